The Morgan fingerprint density at radius 2 is 1.56 bits per heavy atom. The van der Waals surface area contributed by atoms with E-state index in [0.29, 0.717) is 11.1 Å². The Hall–Kier alpha value is -5.06. The fourth-order valence-corrected chi connectivity index (χ4v) is 3.93. The van der Waals surface area contributed by atoms with Gasteiger partial charge in [0.1, 0.15) is 23.8 Å². The van der Waals surface area contributed by atoms with Crippen LogP contribution in [0.4, 0.5) is 24.7 Å². The van der Waals surface area contributed by atoms with Gasteiger partial charge in [0.15, 0.2) is 5.82 Å². The van der Waals surface area contributed by atoms with Gasteiger partial charge in [0.2, 0.25) is 0 Å². The van der Waals surface area contributed by atoms with Crippen molar-refractivity contribution in [2.24, 2.45) is 7.05 Å². The average Bonchev–Trinajstić information content (AvgIpc) is 2.92. The van der Waals surface area contributed by atoms with Gasteiger partial charge in [0.25, 0.3) is 11.1 Å². The normalized spacial score (nSPS) is 11.4. The minimum atomic E-state index is -4.85. The Bertz CT molecular complexity index is 1750. The Morgan fingerprint density at radius 1 is 0.846 bits per heavy atom. The summed E-state index contributed by atoms with van der Waals surface area (Å²) in [4.78, 5) is 26.2. The molecule has 2 aromatic heterocycles. The van der Waals surface area contributed by atoms with Gasteiger partial charge >= 0.3 is 6.36 Å². The maximum Gasteiger partial charge on any atom is 0.573 e. The third-order valence-electron chi connectivity index (χ3n) is 5.81. The summed E-state index contributed by atoms with van der Waals surface area (Å²) in [5.74, 6) is 0.178. The molecule has 0 bridgehead atoms. The molecule has 0 aliphatic heterocycles. The second kappa shape index (κ2) is 10.4. The summed E-state index contributed by atoms with van der Waals surface area (Å²) >= 11 is 0. The maximum absolute atomic E-state index is 13.5. The molecule has 0 aliphatic rings. The number of pyridine rings is 1. The van der Waals surface area contributed by atoms with E-state index in [4.69, 9.17) is 4.74 Å². The largest absolute Gasteiger partial charge is 0.573 e. The van der Waals surface area contributed by atoms with E-state index < -0.39 is 17.7 Å². The molecule has 0 amide bonds. The minimum Gasteiger partial charge on any atom is -0.489 e. The van der Waals surface area contributed by atoms with Gasteiger partial charge in [-0.05, 0) is 60.2 Å². The number of halogens is 3. The predicted molar refractivity (Wildman–Crippen MR) is 140 cm³/mol. The van der Waals surface area contributed by atoms with Crippen LogP contribution < -0.4 is 25.9 Å². The second-order valence-corrected chi connectivity index (χ2v) is 8.55. The number of rotatable bonds is 7. The van der Waals surface area contributed by atoms with Crippen LogP contribution in [-0.4, -0.2) is 20.7 Å². The molecule has 39 heavy (non-hydrogen) atoms. The van der Waals surface area contributed by atoms with Crippen molar-refractivity contribution in [3.63, 3.8) is 0 Å². The molecular weight excluding hydrogens is 513 g/mol. The zero-order chi connectivity index (χ0) is 27.6. The molecule has 0 aliphatic carbocycles. The van der Waals surface area contributed by atoms with Gasteiger partial charge in [-0.1, -0.05) is 30.3 Å². The van der Waals surface area contributed by atoms with Gasteiger partial charge in [0.05, 0.1) is 11.1 Å². The first kappa shape index (κ1) is 25.6. The zero-order valence-electron chi connectivity index (χ0n) is 20.5. The number of benzene rings is 3. The number of hydrogen-bond acceptors (Lipinski definition) is 6. The number of ether oxygens (including phenoxy) is 2. The summed E-state index contributed by atoms with van der Waals surface area (Å²) < 4.78 is 50.0. The van der Waals surface area contributed by atoms with Crippen molar-refractivity contribution in [2.75, 3.05) is 5.32 Å². The highest BCUT2D eigenvalue weighted by molar-refractivity contribution is 5.93. The number of nitrogens with one attached hydrogen (secondary N) is 1. The molecule has 0 saturated carbocycles. The molecule has 0 atom stereocenters. The molecule has 3 aromatic carbocycles. The molecule has 5 rings (SSSR count). The quantitative estimate of drug-likeness (QED) is 0.305. The Labute approximate surface area is 219 Å². The van der Waals surface area contributed by atoms with Crippen LogP contribution in [-0.2, 0) is 13.7 Å². The van der Waals surface area contributed by atoms with E-state index in [2.05, 4.69) is 15.2 Å². The van der Waals surface area contributed by atoms with E-state index in [1.165, 1.54) is 16.7 Å². The first-order valence-electron chi connectivity index (χ1n) is 11.7. The molecule has 198 valence electrons. The van der Waals surface area contributed by atoms with Crippen LogP contribution in [0.25, 0.3) is 16.5 Å². The smallest absolute Gasteiger partial charge is 0.489 e. The average molecular weight is 534 g/mol. The number of aromatic nitrogens is 3. The van der Waals surface area contributed by atoms with Crippen LogP contribution in [0.2, 0.25) is 0 Å². The Kier molecular flexibility index (Phi) is 6.80. The van der Waals surface area contributed by atoms with Gasteiger partial charge in [-0.25, -0.2) is 0 Å². The fraction of sp³-hybridized carbons (Fsp3) is 0.107. The molecule has 0 radical (unpaired) electrons. The molecule has 1 N–H and O–H groups in total. The van der Waals surface area contributed by atoms with Crippen LogP contribution in [0.3, 0.4) is 0 Å². The summed E-state index contributed by atoms with van der Waals surface area (Å²) in [6.07, 6.45) is -3.25. The third kappa shape index (κ3) is 5.77. The lowest BCUT2D eigenvalue weighted by Crippen LogP contribution is -2.24. The van der Waals surface area contributed by atoms with Crippen LogP contribution in [0.5, 0.6) is 11.5 Å². The van der Waals surface area contributed by atoms with Gasteiger partial charge in [-0.2, -0.15) is 4.68 Å². The number of fused-ring (bicyclic) bond motifs is 1. The SMILES string of the molecule is Cn1cccc(Nc2nn(-c3ccc(OC(F)(F)F)cc3)c(=O)c3cc(OCc4ccccc4)ccc23)c1=O. The minimum absolute atomic E-state index is 0.191. The standard InChI is InChI=1S/C28H21F3N4O4/c1-34-15-5-8-24(27(34)37)32-25-22-14-13-21(38-17-18-6-3-2-4-7-18)16-23(22)26(36)35(33-25)19-9-11-20(12-10-19)39-28(29,30)31/h2-16H,17H2,1H3,(H,32,33). The summed E-state index contributed by atoms with van der Waals surface area (Å²) in [5.41, 5.74) is 0.495. The molecule has 0 spiro atoms. The Balaban J connectivity index is 1.60. The van der Waals surface area contributed by atoms with Crippen molar-refractivity contribution in [3.05, 3.63) is 117 Å². The fourth-order valence-electron chi connectivity index (χ4n) is 3.93. The van der Waals surface area contributed by atoms with Crippen molar-refractivity contribution in [3.8, 4) is 17.2 Å². The maximum atomic E-state index is 13.5. The highest BCUT2D eigenvalue weighted by Gasteiger charge is 2.31. The molecule has 11 heteroatoms. The summed E-state index contributed by atoms with van der Waals surface area (Å²) in [5, 5.41) is 8.05. The molecule has 8 nitrogen and oxygen atoms in total. The molecule has 0 saturated heterocycles. The molecule has 5 aromatic rings. The number of hydrogen-bond donors (Lipinski definition) is 1. The van der Waals surface area contributed by atoms with Crippen molar-refractivity contribution in [2.45, 2.75) is 13.0 Å². The lowest BCUT2D eigenvalue weighted by atomic mass is 10.1. The molecular formula is C28H21F3N4O4. The van der Waals surface area contributed by atoms with Crippen LogP contribution >= 0.6 is 0 Å². The monoisotopic (exact) mass is 534 g/mol. The lowest BCUT2D eigenvalue weighted by molar-refractivity contribution is -0.274. The van der Waals surface area contributed by atoms with Gasteiger partial charge in [-0.3, -0.25) is 9.59 Å². The van der Waals surface area contributed by atoms with Crippen molar-refractivity contribution in [1.29, 1.82) is 0 Å². The third-order valence-corrected chi connectivity index (χ3v) is 5.81. The van der Waals surface area contributed by atoms with Crippen molar-refractivity contribution in [1.82, 2.24) is 14.3 Å². The van der Waals surface area contributed by atoms with Gasteiger partial charge in [-0.15, -0.1) is 18.3 Å². The summed E-state index contributed by atoms with van der Waals surface area (Å²) in [7, 11) is 1.60. The molecule has 0 fully saturated rings. The number of anilines is 2. The number of aryl methyl sites for hydroxylation is 1. The number of alkyl halides is 3. The Morgan fingerprint density at radius 3 is 2.28 bits per heavy atom. The van der Waals surface area contributed by atoms with E-state index in [9.17, 15) is 22.8 Å². The van der Waals surface area contributed by atoms with Gasteiger partial charge in [0, 0.05) is 18.6 Å². The van der Waals surface area contributed by atoms with Crippen LogP contribution in [0.1, 0.15) is 5.56 Å². The van der Waals surface area contributed by atoms with Crippen molar-refractivity contribution >= 4 is 22.3 Å². The topological polar surface area (TPSA) is 87.4 Å². The zero-order valence-corrected chi connectivity index (χ0v) is 20.5. The van der Waals surface area contributed by atoms with Crippen LogP contribution in [0.15, 0.2) is 101 Å². The van der Waals surface area contributed by atoms with Crippen molar-refractivity contribution < 1.29 is 22.6 Å². The van der Waals surface area contributed by atoms with Gasteiger partial charge < -0.3 is 19.4 Å². The lowest BCUT2D eigenvalue weighted by Gasteiger charge is -2.15. The van der Waals surface area contributed by atoms with E-state index >= 15 is 0 Å². The van der Waals surface area contributed by atoms with E-state index in [-0.39, 0.29) is 34.7 Å². The predicted octanol–water partition coefficient (Wildman–Crippen LogP) is 5.31. The summed E-state index contributed by atoms with van der Waals surface area (Å²) in [6, 6.07) is 22.4. The summed E-state index contributed by atoms with van der Waals surface area (Å²) in [6.45, 7) is 0.275. The highest BCUT2D eigenvalue weighted by Crippen LogP contribution is 2.27. The highest BCUT2D eigenvalue weighted by atomic mass is 19.4. The molecule has 0 unspecified atom stereocenters. The van der Waals surface area contributed by atoms with E-state index in [1.54, 1.807) is 43.6 Å². The second-order valence-electron chi connectivity index (χ2n) is 8.55. The van der Waals surface area contributed by atoms with E-state index in [0.717, 1.165) is 22.4 Å². The number of nitrogens with zero attached hydrogens (tertiary/aromatic N) is 3. The molecule has 2 heterocycles. The first-order chi connectivity index (χ1) is 18.7. The van der Waals surface area contributed by atoms with E-state index in [1.807, 2.05) is 30.3 Å². The first-order valence-corrected chi connectivity index (χ1v) is 11.7. The van der Waals surface area contributed by atoms with Crippen LogP contribution in [0, 0.1) is 0 Å².